The van der Waals surface area contributed by atoms with Gasteiger partial charge < -0.3 is 10.6 Å². The first-order chi connectivity index (χ1) is 10.5. The van der Waals surface area contributed by atoms with Crippen molar-refractivity contribution in [3.8, 4) is 0 Å². The minimum atomic E-state index is -0.407. The molecule has 6 heteroatoms. The molecule has 0 aromatic heterocycles. The van der Waals surface area contributed by atoms with Crippen LogP contribution in [0, 0.1) is 12.8 Å². The summed E-state index contributed by atoms with van der Waals surface area (Å²) in [7, 11) is 0. The van der Waals surface area contributed by atoms with Crippen LogP contribution in [0.3, 0.4) is 0 Å². The van der Waals surface area contributed by atoms with E-state index >= 15 is 0 Å². The number of nitrogens with zero attached hydrogens (tertiary/aromatic N) is 1. The molecule has 0 spiro atoms. The largest absolute Gasteiger partial charge is 0.326 e. The summed E-state index contributed by atoms with van der Waals surface area (Å²) < 4.78 is 0. The van der Waals surface area contributed by atoms with Crippen molar-refractivity contribution < 1.29 is 9.59 Å². The molecule has 1 aliphatic heterocycles. The number of nitrogens with one attached hydrogen (secondary N) is 2. The molecule has 22 heavy (non-hydrogen) atoms. The second-order valence-electron chi connectivity index (χ2n) is 5.70. The molecule has 0 saturated carbocycles. The van der Waals surface area contributed by atoms with Crippen LogP contribution in [0.5, 0.6) is 0 Å². The standard InChI is InChI=1S/C16H21N3O2S/c1-10(2)9-17-16-19-15(21)13(22-16)8-14(20)18-12-7-5-4-6-11(12)3/h4-7,10,13H,8-9H2,1-3H3,(H,18,20)(H,17,19,21)/t13-/m1/s1. The topological polar surface area (TPSA) is 70.6 Å². The van der Waals surface area contributed by atoms with Crippen LogP contribution in [0.4, 0.5) is 5.69 Å². The number of carbonyl (C=O) groups is 2. The van der Waals surface area contributed by atoms with Gasteiger partial charge in [0, 0.05) is 18.7 Å². The zero-order chi connectivity index (χ0) is 16.1. The number of aryl methyl sites for hydroxylation is 1. The fraction of sp³-hybridized carbons (Fsp3) is 0.438. The maximum absolute atomic E-state index is 12.1. The van der Waals surface area contributed by atoms with Gasteiger partial charge in [-0.25, -0.2) is 0 Å². The minimum absolute atomic E-state index is 0.144. The van der Waals surface area contributed by atoms with Gasteiger partial charge >= 0.3 is 0 Å². The Labute approximate surface area is 135 Å². The van der Waals surface area contributed by atoms with E-state index in [-0.39, 0.29) is 18.2 Å². The van der Waals surface area contributed by atoms with Crippen LogP contribution in [0.2, 0.25) is 0 Å². The average molecular weight is 319 g/mol. The number of hydrogen-bond donors (Lipinski definition) is 2. The van der Waals surface area contributed by atoms with E-state index < -0.39 is 5.25 Å². The van der Waals surface area contributed by atoms with Crippen molar-refractivity contribution in [3.63, 3.8) is 0 Å². The third-order valence-corrected chi connectivity index (χ3v) is 4.29. The van der Waals surface area contributed by atoms with Gasteiger partial charge in [-0.1, -0.05) is 43.8 Å². The Morgan fingerprint density at radius 3 is 2.82 bits per heavy atom. The molecule has 0 aliphatic carbocycles. The molecule has 1 aromatic rings. The van der Waals surface area contributed by atoms with Crippen molar-refractivity contribution in [2.24, 2.45) is 10.9 Å². The minimum Gasteiger partial charge on any atom is -0.326 e. The number of anilines is 1. The zero-order valence-corrected chi connectivity index (χ0v) is 13.9. The predicted octanol–water partition coefficient (Wildman–Crippen LogP) is 2.57. The van der Waals surface area contributed by atoms with E-state index in [1.165, 1.54) is 11.8 Å². The number of aliphatic imine (C=N–C) groups is 1. The fourth-order valence-electron chi connectivity index (χ4n) is 1.96. The fourth-order valence-corrected chi connectivity index (χ4v) is 2.94. The molecule has 1 atom stereocenters. The van der Waals surface area contributed by atoms with Gasteiger partial charge in [-0.05, 0) is 24.5 Å². The Bertz CT molecular complexity index is 599. The van der Waals surface area contributed by atoms with Gasteiger partial charge in [-0.2, -0.15) is 0 Å². The number of rotatable bonds is 5. The molecule has 0 bridgehead atoms. The molecule has 1 aliphatic rings. The lowest BCUT2D eigenvalue weighted by Crippen LogP contribution is -2.28. The molecule has 1 saturated heterocycles. The third kappa shape index (κ3) is 4.59. The highest BCUT2D eigenvalue weighted by molar-refractivity contribution is 8.15. The number of benzene rings is 1. The van der Waals surface area contributed by atoms with Crippen LogP contribution in [0.15, 0.2) is 29.3 Å². The molecule has 1 fully saturated rings. The van der Waals surface area contributed by atoms with E-state index in [4.69, 9.17) is 0 Å². The first-order valence-electron chi connectivity index (χ1n) is 7.33. The quantitative estimate of drug-likeness (QED) is 0.876. The Morgan fingerprint density at radius 2 is 2.14 bits per heavy atom. The van der Waals surface area contributed by atoms with Crippen LogP contribution >= 0.6 is 11.8 Å². The monoisotopic (exact) mass is 319 g/mol. The van der Waals surface area contributed by atoms with Gasteiger partial charge in [-0.15, -0.1) is 0 Å². The summed E-state index contributed by atoms with van der Waals surface area (Å²) in [5, 5.41) is 5.79. The zero-order valence-electron chi connectivity index (χ0n) is 13.1. The summed E-state index contributed by atoms with van der Waals surface area (Å²) in [6, 6.07) is 7.58. The molecule has 2 N–H and O–H groups in total. The van der Waals surface area contributed by atoms with E-state index in [1.54, 1.807) is 0 Å². The number of thioether (sulfide) groups is 1. The summed E-state index contributed by atoms with van der Waals surface area (Å²) in [6.45, 7) is 6.74. The normalized spacial score (nSPS) is 19.5. The average Bonchev–Trinajstić information content (AvgIpc) is 2.79. The maximum atomic E-state index is 12.1. The van der Waals surface area contributed by atoms with Crippen LogP contribution in [-0.4, -0.2) is 28.8 Å². The summed E-state index contributed by atoms with van der Waals surface area (Å²) >= 11 is 1.33. The van der Waals surface area contributed by atoms with E-state index in [0.29, 0.717) is 17.6 Å². The predicted molar refractivity (Wildman–Crippen MR) is 91.1 cm³/mol. The van der Waals surface area contributed by atoms with E-state index in [9.17, 15) is 9.59 Å². The van der Waals surface area contributed by atoms with Gasteiger partial charge in [-0.3, -0.25) is 14.6 Å². The van der Waals surface area contributed by atoms with Crippen molar-refractivity contribution in [1.29, 1.82) is 0 Å². The Kier molecular flexibility index (Phi) is 5.60. The molecule has 1 heterocycles. The van der Waals surface area contributed by atoms with Crippen molar-refractivity contribution >= 4 is 34.4 Å². The smallest absolute Gasteiger partial charge is 0.240 e. The molecule has 0 radical (unpaired) electrons. The van der Waals surface area contributed by atoms with Crippen molar-refractivity contribution in [2.45, 2.75) is 32.4 Å². The molecule has 2 rings (SSSR count). The third-order valence-electron chi connectivity index (χ3n) is 3.17. The van der Waals surface area contributed by atoms with Gasteiger partial charge in [0.05, 0.1) is 0 Å². The molecule has 1 aromatic carbocycles. The first-order valence-corrected chi connectivity index (χ1v) is 8.21. The number of amidine groups is 1. The SMILES string of the molecule is Cc1ccccc1NC(=O)C[C@H]1SC(=NCC(C)C)NC1=O. The lowest BCUT2D eigenvalue weighted by atomic mass is 10.2. The van der Waals surface area contributed by atoms with Gasteiger partial charge in [0.15, 0.2) is 5.17 Å². The van der Waals surface area contributed by atoms with E-state index in [2.05, 4.69) is 29.5 Å². The Hall–Kier alpha value is -1.82. The van der Waals surface area contributed by atoms with Crippen LogP contribution in [0.1, 0.15) is 25.8 Å². The number of hydrogen-bond acceptors (Lipinski definition) is 4. The Morgan fingerprint density at radius 1 is 1.41 bits per heavy atom. The number of amides is 2. The maximum Gasteiger partial charge on any atom is 0.240 e. The second-order valence-corrected chi connectivity index (χ2v) is 6.89. The van der Waals surface area contributed by atoms with Crippen LogP contribution in [-0.2, 0) is 9.59 Å². The molecule has 5 nitrogen and oxygen atoms in total. The van der Waals surface area contributed by atoms with E-state index in [0.717, 1.165) is 11.3 Å². The molecule has 2 amide bonds. The number of carbonyl (C=O) groups excluding carboxylic acids is 2. The van der Waals surface area contributed by atoms with Crippen molar-refractivity contribution in [2.75, 3.05) is 11.9 Å². The van der Waals surface area contributed by atoms with E-state index in [1.807, 2.05) is 31.2 Å². The summed E-state index contributed by atoms with van der Waals surface area (Å²) in [5.41, 5.74) is 1.78. The highest BCUT2D eigenvalue weighted by Crippen LogP contribution is 2.23. The second kappa shape index (κ2) is 7.45. The van der Waals surface area contributed by atoms with Gasteiger partial charge in [0.25, 0.3) is 0 Å². The number of para-hydroxylation sites is 1. The summed E-state index contributed by atoms with van der Waals surface area (Å²) in [5.74, 6) is 0.132. The first kappa shape index (κ1) is 16.5. The summed E-state index contributed by atoms with van der Waals surface area (Å²) in [6.07, 6.45) is 0.144. The van der Waals surface area contributed by atoms with Gasteiger partial charge in [0.1, 0.15) is 5.25 Å². The molecular weight excluding hydrogens is 298 g/mol. The molecular formula is C16H21N3O2S. The van der Waals surface area contributed by atoms with Crippen molar-refractivity contribution in [3.05, 3.63) is 29.8 Å². The lowest BCUT2D eigenvalue weighted by Gasteiger charge is -2.09. The van der Waals surface area contributed by atoms with Crippen LogP contribution in [0.25, 0.3) is 0 Å². The lowest BCUT2D eigenvalue weighted by molar-refractivity contribution is -0.122. The van der Waals surface area contributed by atoms with Gasteiger partial charge in [0.2, 0.25) is 11.8 Å². The summed E-state index contributed by atoms with van der Waals surface area (Å²) in [4.78, 5) is 28.3. The van der Waals surface area contributed by atoms with Crippen LogP contribution < -0.4 is 10.6 Å². The van der Waals surface area contributed by atoms with Crippen molar-refractivity contribution in [1.82, 2.24) is 5.32 Å². The Balaban J connectivity index is 1.91. The molecule has 0 unspecified atom stereocenters. The highest BCUT2D eigenvalue weighted by Gasteiger charge is 2.32. The highest BCUT2D eigenvalue weighted by atomic mass is 32.2. The molecule has 118 valence electrons.